The number of urea groups is 1. The van der Waals surface area contributed by atoms with Gasteiger partial charge in [0.2, 0.25) is 5.91 Å². The van der Waals surface area contributed by atoms with Crippen molar-refractivity contribution in [2.24, 2.45) is 0 Å². The van der Waals surface area contributed by atoms with Crippen LogP contribution in [0.1, 0.15) is 12.1 Å². The Kier molecular flexibility index (Phi) is 7.64. The fourth-order valence-corrected chi connectivity index (χ4v) is 4.07. The number of anilines is 2. The van der Waals surface area contributed by atoms with E-state index in [9.17, 15) is 14.0 Å². The number of ether oxygens (including phenoxy) is 2. The lowest BCUT2D eigenvalue weighted by Gasteiger charge is -2.24. The van der Waals surface area contributed by atoms with Gasteiger partial charge in [0.25, 0.3) is 0 Å². The maximum atomic E-state index is 14.9. The number of amides is 3. The molecule has 0 aliphatic carbocycles. The number of hydrogen-bond acceptors (Lipinski definition) is 5. The summed E-state index contributed by atoms with van der Waals surface area (Å²) >= 11 is 5.89. The largest absolute Gasteiger partial charge is 0.380 e. The second-order valence-corrected chi connectivity index (χ2v) is 8.46. The zero-order valence-corrected chi connectivity index (χ0v) is 20.0. The van der Waals surface area contributed by atoms with Crippen molar-refractivity contribution in [1.29, 1.82) is 0 Å². The van der Waals surface area contributed by atoms with Gasteiger partial charge in [-0.1, -0.05) is 11.6 Å². The first-order chi connectivity index (χ1) is 16.9. The summed E-state index contributed by atoms with van der Waals surface area (Å²) in [6.07, 6.45) is 1.55. The van der Waals surface area contributed by atoms with Gasteiger partial charge >= 0.3 is 6.03 Å². The molecule has 2 heterocycles. The number of hydrogen-bond donors (Lipinski definition) is 2. The van der Waals surface area contributed by atoms with Gasteiger partial charge in [0, 0.05) is 50.2 Å². The topological polar surface area (TPSA) is 97.7 Å². The normalized spacial score (nSPS) is 17.4. The SMILES string of the molecule is COCc1ccnn1-c1ccc(NC(=O)[C@H]2C[C@@H](OC)CN2C(=O)Nc2ccc(Cl)cc2)c(F)c1. The van der Waals surface area contributed by atoms with Gasteiger partial charge in [0.05, 0.1) is 29.8 Å². The van der Waals surface area contributed by atoms with Gasteiger partial charge in [-0.15, -0.1) is 0 Å². The van der Waals surface area contributed by atoms with E-state index in [-0.39, 0.29) is 24.8 Å². The fraction of sp³-hybridized carbons (Fsp3) is 0.292. The molecule has 2 atom stereocenters. The number of nitrogens with one attached hydrogen (secondary N) is 2. The number of halogens is 2. The third kappa shape index (κ3) is 5.61. The van der Waals surface area contributed by atoms with Crippen LogP contribution in [0.3, 0.4) is 0 Å². The Labute approximate surface area is 206 Å². The van der Waals surface area contributed by atoms with E-state index in [1.165, 1.54) is 24.1 Å². The van der Waals surface area contributed by atoms with Gasteiger partial charge in [-0.25, -0.2) is 13.9 Å². The van der Waals surface area contributed by atoms with Crippen LogP contribution in [0.25, 0.3) is 5.69 Å². The molecule has 35 heavy (non-hydrogen) atoms. The number of carbonyl (C=O) groups excluding carboxylic acids is 2. The second-order valence-electron chi connectivity index (χ2n) is 8.02. The molecule has 0 radical (unpaired) electrons. The first-order valence-electron chi connectivity index (χ1n) is 10.9. The Bertz CT molecular complexity index is 1200. The molecule has 11 heteroatoms. The highest BCUT2D eigenvalue weighted by molar-refractivity contribution is 6.30. The molecule has 9 nitrogen and oxygen atoms in total. The molecular weight excluding hydrogens is 477 g/mol. The maximum Gasteiger partial charge on any atom is 0.322 e. The maximum absolute atomic E-state index is 14.9. The molecule has 184 valence electrons. The van der Waals surface area contributed by atoms with E-state index >= 15 is 0 Å². The Balaban J connectivity index is 1.48. The third-order valence-electron chi connectivity index (χ3n) is 5.72. The number of carbonyl (C=O) groups is 2. The molecule has 1 saturated heterocycles. The van der Waals surface area contributed by atoms with Crippen molar-refractivity contribution >= 4 is 34.9 Å². The Morgan fingerprint density at radius 2 is 1.91 bits per heavy atom. The van der Waals surface area contributed by atoms with Crippen molar-refractivity contribution in [1.82, 2.24) is 14.7 Å². The number of likely N-dealkylation sites (tertiary alicyclic amines) is 1. The minimum absolute atomic E-state index is 0.00174. The van der Waals surface area contributed by atoms with E-state index in [1.807, 2.05) is 0 Å². The molecule has 0 spiro atoms. The van der Waals surface area contributed by atoms with Crippen LogP contribution in [0.15, 0.2) is 54.7 Å². The summed E-state index contributed by atoms with van der Waals surface area (Å²) in [5, 5.41) is 10.1. The second kappa shape index (κ2) is 10.9. The van der Waals surface area contributed by atoms with Gasteiger partial charge in [-0.05, 0) is 42.5 Å². The monoisotopic (exact) mass is 501 g/mol. The summed E-state index contributed by atoms with van der Waals surface area (Å²) in [6, 6.07) is 11.5. The Hall–Kier alpha value is -3.47. The molecule has 0 bridgehead atoms. The first-order valence-corrected chi connectivity index (χ1v) is 11.3. The van der Waals surface area contributed by atoms with E-state index < -0.39 is 23.8 Å². The molecule has 1 aliphatic rings. The van der Waals surface area contributed by atoms with Crippen molar-refractivity contribution < 1.29 is 23.5 Å². The summed E-state index contributed by atoms with van der Waals surface area (Å²) in [6.45, 7) is 0.535. The van der Waals surface area contributed by atoms with Crippen LogP contribution in [0.4, 0.5) is 20.6 Å². The summed E-state index contributed by atoms with van der Waals surface area (Å²) < 4.78 is 27.0. The molecule has 0 unspecified atom stereocenters. The van der Waals surface area contributed by atoms with Gasteiger partial charge in [-0.3, -0.25) is 4.79 Å². The smallest absolute Gasteiger partial charge is 0.322 e. The van der Waals surface area contributed by atoms with Gasteiger partial charge in [-0.2, -0.15) is 5.10 Å². The summed E-state index contributed by atoms with van der Waals surface area (Å²) in [4.78, 5) is 27.4. The van der Waals surface area contributed by atoms with Crippen LogP contribution in [0, 0.1) is 5.82 Å². The minimum atomic E-state index is -0.842. The van der Waals surface area contributed by atoms with Gasteiger partial charge < -0.3 is 25.0 Å². The highest BCUT2D eigenvalue weighted by Crippen LogP contribution is 2.25. The highest BCUT2D eigenvalue weighted by atomic mass is 35.5. The molecule has 2 aromatic carbocycles. The third-order valence-corrected chi connectivity index (χ3v) is 5.98. The molecule has 1 aromatic heterocycles. The predicted octanol–water partition coefficient (Wildman–Crippen LogP) is 4.07. The van der Waals surface area contributed by atoms with Crippen LogP contribution in [-0.4, -0.2) is 59.5 Å². The molecule has 3 aromatic rings. The Morgan fingerprint density at radius 1 is 1.14 bits per heavy atom. The van der Waals surface area contributed by atoms with Crippen LogP contribution >= 0.6 is 11.6 Å². The zero-order valence-electron chi connectivity index (χ0n) is 19.2. The van der Waals surface area contributed by atoms with Crippen molar-refractivity contribution in [3.8, 4) is 5.69 Å². The van der Waals surface area contributed by atoms with E-state index in [1.54, 1.807) is 54.4 Å². The molecule has 2 N–H and O–H groups in total. The lowest BCUT2D eigenvalue weighted by atomic mass is 10.1. The molecule has 1 aliphatic heterocycles. The lowest BCUT2D eigenvalue weighted by molar-refractivity contribution is -0.119. The quantitative estimate of drug-likeness (QED) is 0.508. The van der Waals surface area contributed by atoms with Gasteiger partial charge in [0.15, 0.2) is 0 Å². The molecule has 1 fully saturated rings. The molecular formula is C24H25ClFN5O4. The average molecular weight is 502 g/mol. The first kappa shape index (κ1) is 24.6. The lowest BCUT2D eigenvalue weighted by Crippen LogP contribution is -2.45. The predicted molar refractivity (Wildman–Crippen MR) is 129 cm³/mol. The average Bonchev–Trinajstić information content (AvgIpc) is 3.49. The number of aromatic nitrogens is 2. The van der Waals surface area contributed by atoms with Crippen molar-refractivity contribution in [2.45, 2.75) is 25.2 Å². The summed E-state index contributed by atoms with van der Waals surface area (Å²) in [5.74, 6) is -1.14. The van der Waals surface area contributed by atoms with E-state index in [0.29, 0.717) is 23.0 Å². The number of methoxy groups -OCH3 is 2. The Morgan fingerprint density at radius 3 is 2.60 bits per heavy atom. The van der Waals surface area contributed by atoms with Crippen molar-refractivity contribution in [3.05, 3.63) is 71.3 Å². The minimum Gasteiger partial charge on any atom is -0.380 e. The van der Waals surface area contributed by atoms with Crippen LogP contribution in [0.2, 0.25) is 5.02 Å². The molecule has 4 rings (SSSR count). The van der Waals surface area contributed by atoms with Crippen LogP contribution < -0.4 is 10.6 Å². The van der Waals surface area contributed by atoms with Crippen molar-refractivity contribution in [2.75, 3.05) is 31.4 Å². The fourth-order valence-electron chi connectivity index (χ4n) is 3.94. The zero-order chi connectivity index (χ0) is 24.9. The highest BCUT2D eigenvalue weighted by Gasteiger charge is 2.40. The number of benzene rings is 2. The van der Waals surface area contributed by atoms with Crippen LogP contribution in [0.5, 0.6) is 0 Å². The van der Waals surface area contributed by atoms with E-state index in [2.05, 4.69) is 15.7 Å². The van der Waals surface area contributed by atoms with Gasteiger partial charge in [0.1, 0.15) is 11.9 Å². The molecule has 3 amide bonds. The number of nitrogens with zero attached hydrogens (tertiary/aromatic N) is 3. The van der Waals surface area contributed by atoms with Crippen LogP contribution in [-0.2, 0) is 20.9 Å². The molecule has 0 saturated carbocycles. The van der Waals surface area contributed by atoms with E-state index in [4.69, 9.17) is 21.1 Å². The number of rotatable bonds is 7. The van der Waals surface area contributed by atoms with Crippen molar-refractivity contribution in [3.63, 3.8) is 0 Å². The standard InChI is InChI=1S/C24H25ClFN5O4/c1-34-14-18-9-10-27-31(18)17-7-8-21(20(26)11-17)29-23(32)22-12-19(35-2)13-30(22)24(33)28-16-5-3-15(25)4-6-16/h3-11,19,22H,12-14H2,1-2H3,(H,28,33)(H,29,32)/t19-,22-/m1/s1. The summed E-state index contributed by atoms with van der Waals surface area (Å²) in [7, 11) is 3.08. The summed E-state index contributed by atoms with van der Waals surface area (Å²) in [5.41, 5.74) is 1.77. The van der Waals surface area contributed by atoms with E-state index in [0.717, 1.165) is 5.69 Å².